The first-order valence-electron chi connectivity index (χ1n) is 6.07. The van der Waals surface area contributed by atoms with Crippen LogP contribution in [0.25, 0.3) is 11.1 Å². The normalized spacial score (nSPS) is 10.1. The Morgan fingerprint density at radius 1 is 1.05 bits per heavy atom. The molecule has 0 aliphatic heterocycles. The van der Waals surface area contributed by atoms with E-state index < -0.39 is 23.2 Å². The van der Waals surface area contributed by atoms with Gasteiger partial charge in [0.1, 0.15) is 0 Å². The number of Topliss-reactive ketones (excluding diaryl/α,β-unsaturated/α-hetero) is 1. The van der Waals surface area contributed by atoms with E-state index in [1.807, 2.05) is 0 Å². The maximum absolute atomic E-state index is 11.9. The molecule has 1 N–H and O–H groups in total. The van der Waals surface area contributed by atoms with Crippen molar-refractivity contribution in [2.45, 2.75) is 0 Å². The third-order valence-corrected chi connectivity index (χ3v) is 2.94. The van der Waals surface area contributed by atoms with Crippen LogP contribution in [0.5, 0.6) is 0 Å². The lowest BCUT2D eigenvalue weighted by atomic mass is 9.93. The summed E-state index contributed by atoms with van der Waals surface area (Å²) < 4.78 is 0. The van der Waals surface area contributed by atoms with Crippen LogP contribution in [0.1, 0.15) is 20.7 Å². The monoisotopic (exact) mass is 285 g/mol. The number of ketones is 1. The number of hydrogen-bond donors (Lipinski definition) is 1. The fourth-order valence-electron chi connectivity index (χ4n) is 2.08. The number of aromatic carboxylic acids is 1. The number of rotatable bonds is 5. The van der Waals surface area contributed by atoms with Crippen LogP contribution in [0.4, 0.5) is 0 Å². The van der Waals surface area contributed by atoms with Gasteiger partial charge in [-0.25, -0.2) is 4.79 Å². The molecule has 0 spiro atoms. The number of hydrogen-bond acceptors (Lipinski definition) is 4. The second-order valence-electron chi connectivity index (χ2n) is 4.31. The molecule has 0 bridgehead atoms. The van der Waals surface area contributed by atoms with E-state index in [-0.39, 0.29) is 11.1 Å². The first-order chi connectivity index (χ1) is 10.0. The van der Waals surface area contributed by atoms with Crippen molar-refractivity contribution in [2.24, 2.45) is 0 Å². The van der Waals surface area contributed by atoms with Gasteiger partial charge in [0.25, 0.3) is 6.54 Å². The third kappa shape index (κ3) is 3.11. The van der Waals surface area contributed by atoms with Gasteiger partial charge in [-0.1, -0.05) is 48.5 Å². The van der Waals surface area contributed by atoms with Crippen molar-refractivity contribution in [1.29, 1.82) is 0 Å². The minimum absolute atomic E-state index is 0.152. The minimum Gasteiger partial charge on any atom is -0.478 e. The van der Waals surface area contributed by atoms with Crippen LogP contribution in [-0.2, 0) is 0 Å². The molecule has 2 aromatic rings. The highest BCUT2D eigenvalue weighted by molar-refractivity contribution is 6.10. The second-order valence-corrected chi connectivity index (χ2v) is 4.31. The summed E-state index contributed by atoms with van der Waals surface area (Å²) in [6, 6.07) is 13.1. The number of carbonyl (C=O) groups is 2. The third-order valence-electron chi connectivity index (χ3n) is 2.94. The van der Waals surface area contributed by atoms with Crippen molar-refractivity contribution in [1.82, 2.24) is 0 Å². The van der Waals surface area contributed by atoms with Gasteiger partial charge in [-0.3, -0.25) is 14.9 Å². The molecule has 6 nitrogen and oxygen atoms in total. The van der Waals surface area contributed by atoms with E-state index in [1.54, 1.807) is 36.4 Å². The lowest BCUT2D eigenvalue weighted by molar-refractivity contribution is -0.465. The standard InChI is InChI=1S/C15H11NO5/c17-13(9-16(20)21)12-8-4-7-11(14(12)15(18)19)10-5-2-1-3-6-10/h1-8H,9H2,(H,18,19). The van der Waals surface area contributed by atoms with Crippen LogP contribution in [-0.4, -0.2) is 28.3 Å². The Balaban J connectivity index is 2.61. The highest BCUT2D eigenvalue weighted by atomic mass is 16.6. The van der Waals surface area contributed by atoms with Crippen molar-refractivity contribution in [3.8, 4) is 11.1 Å². The van der Waals surface area contributed by atoms with Gasteiger partial charge in [0, 0.05) is 10.5 Å². The fourth-order valence-corrected chi connectivity index (χ4v) is 2.08. The van der Waals surface area contributed by atoms with Crippen molar-refractivity contribution < 1.29 is 19.6 Å². The Morgan fingerprint density at radius 2 is 1.71 bits per heavy atom. The number of carboxylic acid groups (broad SMARTS) is 1. The highest BCUT2D eigenvalue weighted by Gasteiger charge is 2.23. The van der Waals surface area contributed by atoms with Crippen molar-refractivity contribution >= 4 is 11.8 Å². The summed E-state index contributed by atoms with van der Waals surface area (Å²) in [7, 11) is 0. The molecule has 2 aromatic carbocycles. The smallest absolute Gasteiger partial charge is 0.337 e. The SMILES string of the molecule is O=C(C[N+](=O)[O-])c1cccc(-c2ccccc2)c1C(=O)O. The van der Waals surface area contributed by atoms with Crippen LogP contribution in [0, 0.1) is 10.1 Å². The van der Waals surface area contributed by atoms with Gasteiger partial charge in [0.05, 0.1) is 5.56 Å². The first kappa shape index (κ1) is 14.4. The summed E-state index contributed by atoms with van der Waals surface area (Å²) in [6.07, 6.45) is 0. The first-order valence-corrected chi connectivity index (χ1v) is 6.07. The van der Waals surface area contributed by atoms with Gasteiger partial charge in [0.15, 0.2) is 0 Å². The quantitative estimate of drug-likeness (QED) is 0.517. The Labute approximate surface area is 119 Å². The fraction of sp³-hybridized carbons (Fsp3) is 0.0667. The van der Waals surface area contributed by atoms with Gasteiger partial charge < -0.3 is 5.11 Å². The van der Waals surface area contributed by atoms with Crippen molar-refractivity contribution in [2.75, 3.05) is 6.54 Å². The maximum Gasteiger partial charge on any atom is 0.337 e. The molecule has 0 saturated carbocycles. The molecule has 0 heterocycles. The molecule has 106 valence electrons. The Hall–Kier alpha value is -3.02. The zero-order valence-electron chi connectivity index (χ0n) is 10.9. The largest absolute Gasteiger partial charge is 0.478 e. The minimum atomic E-state index is -1.29. The molecule has 0 aliphatic rings. The predicted octanol–water partition coefficient (Wildman–Crippen LogP) is 2.51. The molecular formula is C15H11NO5. The summed E-state index contributed by atoms with van der Waals surface area (Å²) in [6.45, 7) is -0.932. The van der Waals surface area contributed by atoms with E-state index in [2.05, 4.69) is 0 Å². The van der Waals surface area contributed by atoms with Crippen LogP contribution in [0.2, 0.25) is 0 Å². The summed E-state index contributed by atoms with van der Waals surface area (Å²) in [5.74, 6) is -2.11. The molecule has 0 fully saturated rings. The topological polar surface area (TPSA) is 97.5 Å². The Kier molecular flexibility index (Phi) is 4.08. The summed E-state index contributed by atoms with van der Waals surface area (Å²) in [5, 5.41) is 19.8. The molecule has 0 atom stereocenters. The van der Waals surface area contributed by atoms with E-state index in [4.69, 9.17) is 0 Å². The van der Waals surface area contributed by atoms with Crippen LogP contribution >= 0.6 is 0 Å². The van der Waals surface area contributed by atoms with Gasteiger partial charge in [-0.05, 0) is 11.1 Å². The lowest BCUT2D eigenvalue weighted by Crippen LogP contribution is -2.18. The number of nitrogens with zero attached hydrogens (tertiary/aromatic N) is 1. The summed E-state index contributed by atoms with van der Waals surface area (Å²) in [5.41, 5.74) is 0.624. The second kappa shape index (κ2) is 5.96. The molecule has 21 heavy (non-hydrogen) atoms. The molecule has 0 unspecified atom stereocenters. The van der Waals surface area contributed by atoms with Crippen molar-refractivity contribution in [3.05, 3.63) is 69.8 Å². The zero-order valence-corrected chi connectivity index (χ0v) is 10.9. The Bertz CT molecular complexity index is 709. The number of carbonyl (C=O) groups excluding carboxylic acids is 1. The van der Waals surface area contributed by atoms with Gasteiger partial charge in [0.2, 0.25) is 5.78 Å². The summed E-state index contributed by atoms with van der Waals surface area (Å²) >= 11 is 0. The Morgan fingerprint density at radius 3 is 2.29 bits per heavy atom. The van der Waals surface area contributed by atoms with Gasteiger partial charge in [-0.2, -0.15) is 0 Å². The molecule has 0 aliphatic carbocycles. The van der Waals surface area contributed by atoms with Gasteiger partial charge in [-0.15, -0.1) is 0 Å². The van der Waals surface area contributed by atoms with Crippen LogP contribution in [0.15, 0.2) is 48.5 Å². The van der Waals surface area contributed by atoms with Gasteiger partial charge >= 0.3 is 5.97 Å². The molecular weight excluding hydrogens is 274 g/mol. The maximum atomic E-state index is 11.9. The predicted molar refractivity (Wildman–Crippen MR) is 75.0 cm³/mol. The van der Waals surface area contributed by atoms with Crippen LogP contribution in [0.3, 0.4) is 0 Å². The number of carboxylic acids is 1. The average molecular weight is 285 g/mol. The number of nitro groups is 1. The lowest BCUT2D eigenvalue weighted by Gasteiger charge is -2.10. The molecule has 0 amide bonds. The summed E-state index contributed by atoms with van der Waals surface area (Å²) in [4.78, 5) is 33.0. The molecule has 0 aromatic heterocycles. The molecule has 6 heteroatoms. The van der Waals surface area contributed by atoms with E-state index in [0.29, 0.717) is 11.1 Å². The average Bonchev–Trinajstić information content (AvgIpc) is 2.46. The number of benzene rings is 2. The van der Waals surface area contributed by atoms with Crippen LogP contribution < -0.4 is 0 Å². The van der Waals surface area contributed by atoms with E-state index in [9.17, 15) is 24.8 Å². The van der Waals surface area contributed by atoms with Crippen molar-refractivity contribution in [3.63, 3.8) is 0 Å². The molecule has 0 saturated heterocycles. The van der Waals surface area contributed by atoms with E-state index >= 15 is 0 Å². The van der Waals surface area contributed by atoms with E-state index in [1.165, 1.54) is 12.1 Å². The van der Waals surface area contributed by atoms with E-state index in [0.717, 1.165) is 0 Å². The highest BCUT2D eigenvalue weighted by Crippen LogP contribution is 2.26. The molecule has 2 rings (SSSR count). The zero-order chi connectivity index (χ0) is 15.4. The molecule has 0 radical (unpaired) electrons.